The van der Waals surface area contributed by atoms with E-state index in [1.165, 1.54) is 4.13 Å². The second-order valence-corrected chi connectivity index (χ2v) is 6.33. The van der Waals surface area contributed by atoms with Crippen molar-refractivity contribution in [3.63, 3.8) is 0 Å². The maximum absolute atomic E-state index is 11.5. The first-order valence-corrected chi connectivity index (χ1v) is 7.11. The Morgan fingerprint density at radius 1 is 1.22 bits per heavy atom. The van der Waals surface area contributed by atoms with Crippen molar-refractivity contribution in [3.8, 4) is 0 Å². The molecule has 1 rings (SSSR count). The van der Waals surface area contributed by atoms with E-state index in [-0.39, 0.29) is 29.6 Å². The van der Waals surface area contributed by atoms with Gasteiger partial charge in [0.2, 0.25) is 0 Å². The third-order valence-corrected chi connectivity index (χ3v) is 4.34. The van der Waals surface area contributed by atoms with Crippen LogP contribution < -0.4 is 33.7 Å². The van der Waals surface area contributed by atoms with Gasteiger partial charge in [0, 0.05) is 12.1 Å². The normalized spacial score (nSPS) is 11.6. The third-order valence-electron chi connectivity index (χ3n) is 1.58. The van der Waals surface area contributed by atoms with E-state index in [1.54, 1.807) is 0 Å². The SMILES string of the molecule is [CH2-]S(=O)(=O)NS(=O)(=O)c1cccc([N+](=O)[O-])c1.[Na+]. The molecule has 1 aromatic rings. The Labute approximate surface area is 126 Å². The largest absolute Gasteiger partial charge is 1.00 e. The molecule has 1 N–H and O–H groups in total. The van der Waals surface area contributed by atoms with Gasteiger partial charge in [0.1, 0.15) is 0 Å². The first-order valence-electron chi connectivity index (χ1n) is 3.98. The topological polar surface area (TPSA) is 123 Å². The van der Waals surface area contributed by atoms with Crippen LogP contribution >= 0.6 is 0 Å². The molecule has 0 aromatic heterocycles. The number of nitrogens with zero attached hydrogens (tertiary/aromatic N) is 1. The van der Waals surface area contributed by atoms with Crippen LogP contribution in [-0.2, 0) is 20.0 Å². The van der Waals surface area contributed by atoms with Crippen LogP contribution in [0.5, 0.6) is 0 Å². The van der Waals surface area contributed by atoms with Crippen LogP contribution in [0.1, 0.15) is 0 Å². The van der Waals surface area contributed by atoms with Crippen molar-refractivity contribution in [1.82, 2.24) is 4.13 Å². The van der Waals surface area contributed by atoms with E-state index in [9.17, 15) is 26.9 Å². The molecule has 8 nitrogen and oxygen atoms in total. The molecule has 94 valence electrons. The van der Waals surface area contributed by atoms with E-state index < -0.39 is 35.6 Å². The monoisotopic (exact) mass is 302 g/mol. The maximum Gasteiger partial charge on any atom is 1.00 e. The second-order valence-electron chi connectivity index (χ2n) is 2.96. The van der Waals surface area contributed by atoms with E-state index in [1.807, 2.05) is 0 Å². The molecule has 0 aliphatic rings. The summed E-state index contributed by atoms with van der Waals surface area (Å²) >= 11 is 0. The van der Waals surface area contributed by atoms with Gasteiger partial charge in [-0.25, -0.2) is 23.1 Å². The van der Waals surface area contributed by atoms with Gasteiger partial charge in [-0.05, 0) is 6.07 Å². The van der Waals surface area contributed by atoms with Crippen molar-refractivity contribution in [2.24, 2.45) is 0 Å². The molecule has 0 atom stereocenters. The van der Waals surface area contributed by atoms with Crippen LogP contribution in [-0.4, -0.2) is 21.8 Å². The van der Waals surface area contributed by atoms with Gasteiger partial charge in [-0.1, -0.05) is 6.07 Å². The number of nitro benzene ring substituents is 1. The standard InChI is InChI=1S/C7H7N2O6S2.Na/c1-16(12,13)8-17(14,15)7-4-2-3-6(5-7)9(10)11;/h2-5,8H,1H2;/q-1;+1. The fourth-order valence-electron chi connectivity index (χ4n) is 0.979. The summed E-state index contributed by atoms with van der Waals surface area (Å²) in [6.45, 7) is 0. The minimum absolute atomic E-state index is 0. The van der Waals surface area contributed by atoms with E-state index in [2.05, 4.69) is 6.26 Å². The molecule has 0 fully saturated rings. The molecule has 0 spiro atoms. The van der Waals surface area contributed by atoms with Crippen LogP contribution in [0, 0.1) is 16.4 Å². The Bertz CT molecular complexity index is 654. The summed E-state index contributed by atoms with van der Waals surface area (Å²) in [6, 6.07) is 3.98. The van der Waals surface area contributed by atoms with Gasteiger partial charge in [0.15, 0.2) is 0 Å². The summed E-state index contributed by atoms with van der Waals surface area (Å²) in [4.78, 5) is 9.10. The minimum Gasteiger partial charge on any atom is -0.258 e. The Balaban J connectivity index is 0.00000289. The molecule has 0 saturated heterocycles. The van der Waals surface area contributed by atoms with E-state index in [0.29, 0.717) is 0 Å². The molecule has 0 heterocycles. The predicted octanol–water partition coefficient (Wildman–Crippen LogP) is -3.00. The van der Waals surface area contributed by atoms with E-state index >= 15 is 0 Å². The molecule has 11 heteroatoms. The van der Waals surface area contributed by atoms with Gasteiger partial charge in [0.05, 0.1) is 19.8 Å². The molecule has 0 radical (unpaired) electrons. The summed E-state index contributed by atoms with van der Waals surface area (Å²) in [6.07, 6.45) is 2.59. The summed E-state index contributed by atoms with van der Waals surface area (Å²) in [7, 11) is -8.60. The molecule has 1 aromatic carbocycles. The number of benzene rings is 1. The second kappa shape index (κ2) is 6.08. The number of non-ortho nitro benzene ring substituents is 1. The third kappa shape index (κ3) is 5.00. The molecule has 0 bridgehead atoms. The molecule has 18 heavy (non-hydrogen) atoms. The number of sulfonamides is 2. The van der Waals surface area contributed by atoms with Crippen molar-refractivity contribution in [2.75, 3.05) is 0 Å². The van der Waals surface area contributed by atoms with Crippen molar-refractivity contribution in [1.29, 1.82) is 0 Å². The molecular weight excluding hydrogens is 295 g/mol. The molecule has 0 saturated carbocycles. The van der Waals surface area contributed by atoms with Gasteiger partial charge in [-0.3, -0.25) is 10.1 Å². The number of nitro groups is 1. The van der Waals surface area contributed by atoms with E-state index in [4.69, 9.17) is 0 Å². The van der Waals surface area contributed by atoms with Gasteiger partial charge < -0.3 is 0 Å². The number of hydrogen-bond donors (Lipinski definition) is 1. The van der Waals surface area contributed by atoms with Crippen LogP contribution in [0.2, 0.25) is 0 Å². The summed E-state index contributed by atoms with van der Waals surface area (Å²) < 4.78 is 45.6. The molecule has 0 unspecified atom stereocenters. The zero-order valence-corrected chi connectivity index (χ0v) is 12.9. The van der Waals surface area contributed by atoms with Crippen molar-refractivity contribution in [2.45, 2.75) is 4.90 Å². The molecule has 0 amide bonds. The number of nitrogens with one attached hydrogen (secondary N) is 1. The Morgan fingerprint density at radius 3 is 2.22 bits per heavy atom. The fraction of sp³-hybridized carbons (Fsp3) is 0. The quantitative estimate of drug-likeness (QED) is 0.273. The van der Waals surface area contributed by atoms with Crippen LogP contribution in [0.15, 0.2) is 29.2 Å². The zero-order chi connectivity index (χ0) is 13.3. The summed E-state index contributed by atoms with van der Waals surface area (Å²) in [5.41, 5.74) is -0.464. The Morgan fingerprint density at radius 2 is 1.78 bits per heavy atom. The number of hydrogen-bond acceptors (Lipinski definition) is 6. The van der Waals surface area contributed by atoms with Gasteiger partial charge >= 0.3 is 29.6 Å². The zero-order valence-electron chi connectivity index (χ0n) is 9.23. The smallest absolute Gasteiger partial charge is 0.258 e. The van der Waals surface area contributed by atoms with Gasteiger partial charge in [-0.2, -0.15) is 0 Å². The van der Waals surface area contributed by atoms with Gasteiger partial charge in [0.25, 0.3) is 15.7 Å². The molecular formula is C7H7N2NaO6S2. The predicted molar refractivity (Wildman–Crippen MR) is 57.7 cm³/mol. The van der Waals surface area contributed by atoms with Crippen molar-refractivity contribution in [3.05, 3.63) is 40.6 Å². The van der Waals surface area contributed by atoms with Crippen molar-refractivity contribution < 1.29 is 51.3 Å². The molecule has 0 aliphatic carbocycles. The number of rotatable bonds is 4. The average Bonchev–Trinajstić information content (AvgIpc) is 2.14. The first kappa shape index (κ1) is 17.5. The van der Waals surface area contributed by atoms with Crippen LogP contribution in [0.4, 0.5) is 5.69 Å². The Hall–Kier alpha value is -0.520. The summed E-state index contributed by atoms with van der Waals surface area (Å²) in [5.74, 6) is 0. The van der Waals surface area contributed by atoms with Crippen molar-refractivity contribution >= 4 is 25.7 Å². The van der Waals surface area contributed by atoms with Crippen LogP contribution in [0.25, 0.3) is 0 Å². The first-order chi connectivity index (χ1) is 7.62. The summed E-state index contributed by atoms with van der Waals surface area (Å²) in [5, 5.41) is 10.4. The fourth-order valence-corrected chi connectivity index (χ4v) is 3.24. The average molecular weight is 302 g/mol. The van der Waals surface area contributed by atoms with Crippen LogP contribution in [0.3, 0.4) is 0 Å². The minimum atomic E-state index is -4.38. The Kier molecular flexibility index (Phi) is 5.91. The maximum atomic E-state index is 11.5. The van der Waals surface area contributed by atoms with E-state index in [0.717, 1.165) is 24.3 Å². The molecule has 0 aliphatic heterocycles. The van der Waals surface area contributed by atoms with Gasteiger partial charge in [-0.15, -0.1) is 4.13 Å².